The van der Waals surface area contributed by atoms with E-state index >= 15 is 0 Å². The Balaban J connectivity index is 2.31. The fourth-order valence-corrected chi connectivity index (χ4v) is 2.05. The van der Waals surface area contributed by atoms with Gasteiger partial charge >= 0.3 is 0 Å². The van der Waals surface area contributed by atoms with Crippen LogP contribution >= 0.6 is 34.2 Å². The summed E-state index contributed by atoms with van der Waals surface area (Å²) in [5.41, 5.74) is 1.23. The standard InChI is InChI=1S/C13H20ClIN2/c1-3-6-16-8-10(2)17-9-11-4-5-13(15)12(14)7-11/h4-5,7,10,16-17H,3,6,8-9H2,1-2H3. The lowest BCUT2D eigenvalue weighted by molar-refractivity contribution is 0.501. The SMILES string of the molecule is CCCNCC(C)NCc1ccc(I)c(Cl)c1. The summed E-state index contributed by atoms with van der Waals surface area (Å²) in [7, 11) is 0. The number of halogens is 2. The van der Waals surface area contributed by atoms with Gasteiger partial charge < -0.3 is 10.6 Å². The highest BCUT2D eigenvalue weighted by atomic mass is 127. The molecule has 1 aromatic rings. The van der Waals surface area contributed by atoms with Gasteiger partial charge in [0.05, 0.1) is 5.02 Å². The first-order chi connectivity index (χ1) is 8.13. The van der Waals surface area contributed by atoms with E-state index < -0.39 is 0 Å². The van der Waals surface area contributed by atoms with Crippen LogP contribution in [0.1, 0.15) is 25.8 Å². The van der Waals surface area contributed by atoms with Crippen LogP contribution in [-0.2, 0) is 6.54 Å². The third kappa shape index (κ3) is 6.04. The van der Waals surface area contributed by atoms with Crippen molar-refractivity contribution in [2.75, 3.05) is 13.1 Å². The normalized spacial score (nSPS) is 12.7. The fourth-order valence-electron chi connectivity index (χ4n) is 1.51. The quantitative estimate of drug-likeness (QED) is 0.571. The van der Waals surface area contributed by atoms with Crippen LogP contribution in [0.4, 0.5) is 0 Å². The Kier molecular flexibility index (Phi) is 7.43. The van der Waals surface area contributed by atoms with E-state index in [0.29, 0.717) is 6.04 Å². The second kappa shape index (κ2) is 8.29. The van der Waals surface area contributed by atoms with Crippen LogP contribution in [0.3, 0.4) is 0 Å². The molecular weight excluding hydrogens is 347 g/mol. The van der Waals surface area contributed by atoms with E-state index in [-0.39, 0.29) is 0 Å². The summed E-state index contributed by atoms with van der Waals surface area (Å²) in [5, 5.41) is 7.72. The first-order valence-corrected chi connectivity index (χ1v) is 7.47. The van der Waals surface area contributed by atoms with Crippen molar-refractivity contribution in [3.63, 3.8) is 0 Å². The van der Waals surface area contributed by atoms with Gasteiger partial charge in [-0.25, -0.2) is 0 Å². The monoisotopic (exact) mass is 366 g/mol. The largest absolute Gasteiger partial charge is 0.315 e. The fraction of sp³-hybridized carbons (Fsp3) is 0.538. The minimum Gasteiger partial charge on any atom is -0.315 e. The van der Waals surface area contributed by atoms with E-state index in [1.807, 2.05) is 6.07 Å². The number of hydrogen-bond donors (Lipinski definition) is 2. The van der Waals surface area contributed by atoms with Gasteiger partial charge in [-0.1, -0.05) is 24.6 Å². The van der Waals surface area contributed by atoms with E-state index in [1.165, 1.54) is 12.0 Å². The molecule has 0 saturated carbocycles. The van der Waals surface area contributed by atoms with Gasteiger partial charge in [0.15, 0.2) is 0 Å². The van der Waals surface area contributed by atoms with Gasteiger partial charge in [0.25, 0.3) is 0 Å². The van der Waals surface area contributed by atoms with E-state index in [9.17, 15) is 0 Å². The lowest BCUT2D eigenvalue weighted by Crippen LogP contribution is -2.36. The van der Waals surface area contributed by atoms with Gasteiger partial charge in [-0.05, 0) is 60.2 Å². The summed E-state index contributed by atoms with van der Waals surface area (Å²) in [6, 6.07) is 6.68. The van der Waals surface area contributed by atoms with Crippen LogP contribution in [0, 0.1) is 3.57 Å². The Hall–Kier alpha value is 0.160. The summed E-state index contributed by atoms with van der Waals surface area (Å²) < 4.78 is 1.10. The Morgan fingerprint density at radius 1 is 1.41 bits per heavy atom. The molecule has 1 atom stereocenters. The van der Waals surface area contributed by atoms with Crippen LogP contribution in [0.2, 0.25) is 5.02 Å². The molecule has 1 unspecified atom stereocenters. The molecule has 4 heteroatoms. The lowest BCUT2D eigenvalue weighted by Gasteiger charge is -2.14. The molecule has 0 aliphatic rings. The summed E-state index contributed by atoms with van der Waals surface area (Å²) in [4.78, 5) is 0. The molecule has 96 valence electrons. The zero-order chi connectivity index (χ0) is 12.7. The predicted molar refractivity (Wildman–Crippen MR) is 83.6 cm³/mol. The third-order valence-corrected chi connectivity index (χ3v) is 4.09. The molecule has 0 aliphatic carbocycles. The van der Waals surface area contributed by atoms with Crippen LogP contribution < -0.4 is 10.6 Å². The molecule has 0 bridgehead atoms. The molecule has 1 aromatic carbocycles. The maximum Gasteiger partial charge on any atom is 0.0542 e. The zero-order valence-electron chi connectivity index (χ0n) is 10.4. The number of hydrogen-bond acceptors (Lipinski definition) is 2. The van der Waals surface area contributed by atoms with Crippen LogP contribution in [0.25, 0.3) is 0 Å². The van der Waals surface area contributed by atoms with E-state index in [1.54, 1.807) is 0 Å². The van der Waals surface area contributed by atoms with Gasteiger partial charge in [0.2, 0.25) is 0 Å². The molecule has 1 rings (SSSR count). The second-order valence-electron chi connectivity index (χ2n) is 4.23. The first-order valence-electron chi connectivity index (χ1n) is 6.01. The Morgan fingerprint density at radius 2 is 2.18 bits per heavy atom. The molecule has 0 fully saturated rings. The molecule has 0 aromatic heterocycles. The van der Waals surface area contributed by atoms with E-state index in [0.717, 1.165) is 28.2 Å². The molecular formula is C13H20ClIN2. The van der Waals surface area contributed by atoms with E-state index in [2.05, 4.69) is 59.2 Å². The zero-order valence-corrected chi connectivity index (χ0v) is 13.3. The molecule has 2 N–H and O–H groups in total. The van der Waals surface area contributed by atoms with Crippen molar-refractivity contribution in [3.05, 3.63) is 32.4 Å². The van der Waals surface area contributed by atoms with Crippen LogP contribution in [0.5, 0.6) is 0 Å². The highest BCUT2D eigenvalue weighted by Gasteiger charge is 2.02. The molecule has 0 saturated heterocycles. The second-order valence-corrected chi connectivity index (χ2v) is 5.80. The molecule has 2 nitrogen and oxygen atoms in total. The Labute approximate surface area is 123 Å². The van der Waals surface area contributed by atoms with E-state index in [4.69, 9.17) is 11.6 Å². The van der Waals surface area contributed by atoms with Crippen molar-refractivity contribution in [1.29, 1.82) is 0 Å². The maximum absolute atomic E-state index is 6.08. The van der Waals surface area contributed by atoms with Crippen molar-refractivity contribution in [3.8, 4) is 0 Å². The molecule has 0 radical (unpaired) electrons. The average Bonchev–Trinajstić information content (AvgIpc) is 2.31. The molecule has 0 heterocycles. The van der Waals surface area contributed by atoms with Crippen molar-refractivity contribution in [1.82, 2.24) is 10.6 Å². The molecule has 0 aliphatic heterocycles. The van der Waals surface area contributed by atoms with Gasteiger partial charge in [-0.2, -0.15) is 0 Å². The topological polar surface area (TPSA) is 24.1 Å². The third-order valence-electron chi connectivity index (χ3n) is 2.52. The summed E-state index contributed by atoms with van der Waals surface area (Å²) >= 11 is 8.33. The van der Waals surface area contributed by atoms with Gasteiger partial charge in [-0.3, -0.25) is 0 Å². The number of nitrogens with one attached hydrogen (secondary N) is 2. The maximum atomic E-state index is 6.08. The van der Waals surface area contributed by atoms with Gasteiger partial charge in [0, 0.05) is 22.7 Å². The summed E-state index contributed by atoms with van der Waals surface area (Å²) in [6.07, 6.45) is 1.18. The number of benzene rings is 1. The van der Waals surface area contributed by atoms with Gasteiger partial charge in [0.1, 0.15) is 0 Å². The lowest BCUT2D eigenvalue weighted by atomic mass is 10.2. The smallest absolute Gasteiger partial charge is 0.0542 e. The first kappa shape index (κ1) is 15.2. The highest BCUT2D eigenvalue weighted by molar-refractivity contribution is 14.1. The molecule has 0 amide bonds. The Morgan fingerprint density at radius 3 is 2.82 bits per heavy atom. The van der Waals surface area contributed by atoms with Gasteiger partial charge in [-0.15, -0.1) is 0 Å². The van der Waals surface area contributed by atoms with Crippen molar-refractivity contribution in [2.24, 2.45) is 0 Å². The van der Waals surface area contributed by atoms with Crippen molar-refractivity contribution in [2.45, 2.75) is 32.9 Å². The van der Waals surface area contributed by atoms with Crippen molar-refractivity contribution >= 4 is 34.2 Å². The predicted octanol–water partition coefficient (Wildman–Crippen LogP) is 3.42. The summed E-state index contributed by atoms with van der Waals surface area (Å²) in [6.45, 7) is 7.33. The number of rotatable bonds is 7. The highest BCUT2D eigenvalue weighted by Crippen LogP contribution is 2.19. The molecule has 17 heavy (non-hydrogen) atoms. The summed E-state index contributed by atoms with van der Waals surface area (Å²) in [5.74, 6) is 0. The Bertz CT molecular complexity index is 344. The minimum absolute atomic E-state index is 0.472. The van der Waals surface area contributed by atoms with Crippen molar-refractivity contribution < 1.29 is 0 Å². The average molecular weight is 367 g/mol. The van der Waals surface area contributed by atoms with Crippen LogP contribution in [-0.4, -0.2) is 19.1 Å². The van der Waals surface area contributed by atoms with Crippen LogP contribution in [0.15, 0.2) is 18.2 Å². The minimum atomic E-state index is 0.472. The molecule has 0 spiro atoms.